The Morgan fingerprint density at radius 3 is 2.50 bits per heavy atom. The zero-order valence-electron chi connectivity index (χ0n) is 12.1. The minimum atomic E-state index is 0. The van der Waals surface area contributed by atoms with Crippen LogP contribution in [0.1, 0.15) is 52.9 Å². The Morgan fingerprint density at radius 1 is 1.28 bits per heavy atom. The van der Waals surface area contributed by atoms with E-state index in [-0.39, 0.29) is 12.4 Å². The van der Waals surface area contributed by atoms with Crippen molar-refractivity contribution in [3.05, 3.63) is 0 Å². The highest BCUT2D eigenvalue weighted by molar-refractivity contribution is 5.85. The van der Waals surface area contributed by atoms with E-state index in [9.17, 15) is 4.79 Å². The maximum absolute atomic E-state index is 11.9. The fourth-order valence-electron chi connectivity index (χ4n) is 2.62. The standard InChI is InChI=1S/C14H28N2O.ClH/c1-14(2,3)12-6-5-10-16(11-8-12)13(17)7-4-9-15;/h12H,4-11,15H2,1-3H3;1H. The minimum Gasteiger partial charge on any atom is -0.343 e. The van der Waals surface area contributed by atoms with Crippen LogP contribution in [-0.2, 0) is 4.79 Å². The van der Waals surface area contributed by atoms with Crippen LogP contribution < -0.4 is 5.73 Å². The van der Waals surface area contributed by atoms with Crippen molar-refractivity contribution in [2.75, 3.05) is 19.6 Å². The van der Waals surface area contributed by atoms with Crippen molar-refractivity contribution in [2.45, 2.75) is 52.9 Å². The molecule has 1 rings (SSSR count). The molecule has 3 nitrogen and oxygen atoms in total. The topological polar surface area (TPSA) is 46.3 Å². The monoisotopic (exact) mass is 276 g/mol. The lowest BCUT2D eigenvalue weighted by atomic mass is 9.77. The lowest BCUT2D eigenvalue weighted by molar-refractivity contribution is -0.131. The summed E-state index contributed by atoms with van der Waals surface area (Å²) in [7, 11) is 0. The molecule has 1 aliphatic heterocycles. The summed E-state index contributed by atoms with van der Waals surface area (Å²) in [5, 5.41) is 0. The van der Waals surface area contributed by atoms with E-state index < -0.39 is 0 Å². The normalized spacial score (nSPS) is 21.1. The summed E-state index contributed by atoms with van der Waals surface area (Å²) in [5.74, 6) is 1.04. The second-order valence-electron chi connectivity index (χ2n) is 6.27. The second kappa shape index (κ2) is 8.00. The van der Waals surface area contributed by atoms with Gasteiger partial charge in [0, 0.05) is 19.5 Å². The number of likely N-dealkylation sites (tertiary alicyclic amines) is 1. The lowest BCUT2D eigenvalue weighted by Gasteiger charge is -2.29. The maximum Gasteiger partial charge on any atom is 0.222 e. The van der Waals surface area contributed by atoms with Gasteiger partial charge in [-0.2, -0.15) is 0 Å². The first-order valence-corrected chi connectivity index (χ1v) is 6.93. The highest BCUT2D eigenvalue weighted by Crippen LogP contribution is 2.34. The van der Waals surface area contributed by atoms with Gasteiger partial charge in [-0.25, -0.2) is 0 Å². The summed E-state index contributed by atoms with van der Waals surface area (Å²) >= 11 is 0. The molecule has 0 spiro atoms. The number of carbonyl (C=O) groups excluding carboxylic acids is 1. The van der Waals surface area contributed by atoms with Gasteiger partial charge in [-0.05, 0) is 43.6 Å². The molecule has 0 bridgehead atoms. The number of nitrogens with zero attached hydrogens (tertiary/aromatic N) is 1. The number of hydrogen-bond acceptors (Lipinski definition) is 2. The number of rotatable bonds is 3. The molecule has 0 aromatic carbocycles. The van der Waals surface area contributed by atoms with Crippen LogP contribution in [0.25, 0.3) is 0 Å². The Kier molecular flexibility index (Phi) is 7.88. The van der Waals surface area contributed by atoms with Crippen molar-refractivity contribution in [1.29, 1.82) is 0 Å². The first-order valence-electron chi connectivity index (χ1n) is 6.93. The molecule has 0 aliphatic carbocycles. The molecule has 1 amide bonds. The van der Waals surface area contributed by atoms with Crippen molar-refractivity contribution < 1.29 is 4.79 Å². The number of halogens is 1. The molecule has 1 atom stereocenters. The van der Waals surface area contributed by atoms with Gasteiger partial charge >= 0.3 is 0 Å². The molecule has 0 radical (unpaired) electrons. The Hall–Kier alpha value is -0.280. The molecule has 0 aromatic heterocycles. The van der Waals surface area contributed by atoms with E-state index in [2.05, 4.69) is 20.8 Å². The van der Waals surface area contributed by atoms with Crippen LogP contribution in [0.4, 0.5) is 0 Å². The van der Waals surface area contributed by atoms with E-state index in [0.29, 0.717) is 24.3 Å². The van der Waals surface area contributed by atoms with Gasteiger partial charge in [-0.3, -0.25) is 4.79 Å². The van der Waals surface area contributed by atoms with E-state index in [0.717, 1.165) is 38.3 Å². The van der Waals surface area contributed by atoms with E-state index in [1.807, 2.05) is 4.90 Å². The molecule has 4 heteroatoms. The summed E-state index contributed by atoms with van der Waals surface area (Å²) in [5.41, 5.74) is 5.82. The van der Waals surface area contributed by atoms with Crippen LogP contribution in [0.5, 0.6) is 0 Å². The zero-order chi connectivity index (χ0) is 12.9. The van der Waals surface area contributed by atoms with Crippen LogP contribution in [0.2, 0.25) is 0 Å². The minimum absolute atomic E-state index is 0. The largest absolute Gasteiger partial charge is 0.343 e. The average molecular weight is 277 g/mol. The first-order chi connectivity index (χ1) is 7.95. The number of hydrogen-bond donors (Lipinski definition) is 1. The number of amides is 1. The van der Waals surface area contributed by atoms with E-state index >= 15 is 0 Å². The van der Waals surface area contributed by atoms with E-state index in [1.54, 1.807) is 0 Å². The summed E-state index contributed by atoms with van der Waals surface area (Å²) in [6, 6.07) is 0. The molecule has 1 unspecified atom stereocenters. The van der Waals surface area contributed by atoms with Crippen molar-refractivity contribution >= 4 is 18.3 Å². The van der Waals surface area contributed by atoms with Gasteiger partial charge in [0.05, 0.1) is 0 Å². The summed E-state index contributed by atoms with van der Waals surface area (Å²) in [6.45, 7) is 9.42. The summed E-state index contributed by atoms with van der Waals surface area (Å²) in [6.07, 6.45) is 4.99. The third kappa shape index (κ3) is 5.57. The van der Waals surface area contributed by atoms with Gasteiger partial charge in [0.25, 0.3) is 0 Å². The fourth-order valence-corrected chi connectivity index (χ4v) is 2.62. The Bertz CT molecular complexity index is 251. The molecule has 18 heavy (non-hydrogen) atoms. The van der Waals surface area contributed by atoms with Crippen LogP contribution in [0, 0.1) is 11.3 Å². The third-order valence-corrected chi connectivity index (χ3v) is 3.90. The van der Waals surface area contributed by atoms with Gasteiger partial charge in [-0.15, -0.1) is 12.4 Å². The van der Waals surface area contributed by atoms with Crippen molar-refractivity contribution in [1.82, 2.24) is 4.90 Å². The van der Waals surface area contributed by atoms with Crippen molar-refractivity contribution in [3.8, 4) is 0 Å². The molecule has 1 heterocycles. The molecule has 0 saturated carbocycles. The summed E-state index contributed by atoms with van der Waals surface area (Å²) in [4.78, 5) is 14.0. The van der Waals surface area contributed by atoms with Gasteiger partial charge in [0.2, 0.25) is 5.91 Å². The molecule has 2 N–H and O–H groups in total. The maximum atomic E-state index is 11.9. The fraction of sp³-hybridized carbons (Fsp3) is 0.929. The molecule has 1 saturated heterocycles. The van der Waals surface area contributed by atoms with Crippen LogP contribution in [0.15, 0.2) is 0 Å². The van der Waals surface area contributed by atoms with Gasteiger partial charge in [0.15, 0.2) is 0 Å². The molecule has 1 aliphatic rings. The quantitative estimate of drug-likeness (QED) is 0.862. The third-order valence-electron chi connectivity index (χ3n) is 3.90. The van der Waals surface area contributed by atoms with Crippen LogP contribution in [0.3, 0.4) is 0 Å². The predicted molar refractivity (Wildman–Crippen MR) is 78.9 cm³/mol. The summed E-state index contributed by atoms with van der Waals surface area (Å²) < 4.78 is 0. The number of carbonyl (C=O) groups is 1. The van der Waals surface area contributed by atoms with Gasteiger partial charge < -0.3 is 10.6 Å². The van der Waals surface area contributed by atoms with Gasteiger partial charge in [-0.1, -0.05) is 20.8 Å². The molecule has 0 aromatic rings. The highest BCUT2D eigenvalue weighted by Gasteiger charge is 2.28. The van der Waals surface area contributed by atoms with E-state index in [4.69, 9.17) is 5.73 Å². The average Bonchev–Trinajstić information content (AvgIpc) is 2.50. The van der Waals surface area contributed by atoms with Crippen molar-refractivity contribution in [3.63, 3.8) is 0 Å². The van der Waals surface area contributed by atoms with Crippen LogP contribution >= 0.6 is 12.4 Å². The lowest BCUT2D eigenvalue weighted by Crippen LogP contribution is -2.32. The van der Waals surface area contributed by atoms with Gasteiger partial charge in [0.1, 0.15) is 0 Å². The number of nitrogens with two attached hydrogens (primary N) is 1. The second-order valence-corrected chi connectivity index (χ2v) is 6.27. The zero-order valence-corrected chi connectivity index (χ0v) is 12.9. The Morgan fingerprint density at radius 2 is 1.94 bits per heavy atom. The van der Waals surface area contributed by atoms with Crippen molar-refractivity contribution in [2.24, 2.45) is 17.1 Å². The Balaban J connectivity index is 0.00000289. The molecule has 1 fully saturated rings. The smallest absolute Gasteiger partial charge is 0.222 e. The highest BCUT2D eigenvalue weighted by atomic mass is 35.5. The predicted octanol–water partition coefficient (Wildman–Crippen LogP) is 2.82. The molecular formula is C14H29ClN2O. The first kappa shape index (κ1) is 17.7. The Labute approximate surface area is 118 Å². The molecular weight excluding hydrogens is 248 g/mol. The van der Waals surface area contributed by atoms with Crippen LogP contribution in [-0.4, -0.2) is 30.4 Å². The molecule has 108 valence electrons. The van der Waals surface area contributed by atoms with E-state index in [1.165, 1.54) is 6.42 Å². The SMILES string of the molecule is CC(C)(C)C1CCCN(C(=O)CCCN)CC1.Cl.